The molecule has 8 heteroatoms. The van der Waals surface area contributed by atoms with Crippen LogP contribution in [-0.2, 0) is 0 Å². The minimum absolute atomic E-state index is 0.0250. The molecule has 4 N–H and O–H groups in total. The van der Waals surface area contributed by atoms with Gasteiger partial charge in [0.2, 0.25) is 11.7 Å². The third kappa shape index (κ3) is 2.00. The van der Waals surface area contributed by atoms with Crippen LogP contribution in [0.2, 0.25) is 0 Å². The molecule has 0 saturated heterocycles. The lowest BCUT2D eigenvalue weighted by Gasteiger charge is -2.01. The molecular formula is C7H10N6O2. The van der Waals surface area contributed by atoms with E-state index in [2.05, 4.69) is 25.6 Å². The van der Waals surface area contributed by atoms with Crippen molar-refractivity contribution >= 4 is 0 Å². The second-order valence-electron chi connectivity index (χ2n) is 2.93. The molecule has 2 rings (SSSR count). The summed E-state index contributed by atoms with van der Waals surface area (Å²) in [7, 11) is 0. The van der Waals surface area contributed by atoms with Crippen molar-refractivity contribution in [2.75, 3.05) is 6.61 Å². The van der Waals surface area contributed by atoms with E-state index in [1.54, 1.807) is 0 Å². The van der Waals surface area contributed by atoms with Gasteiger partial charge in [-0.2, -0.15) is 20.4 Å². The molecule has 1 unspecified atom stereocenters. The molecule has 0 spiro atoms. The normalized spacial score (nSPS) is 12.9. The number of rotatable bonds is 4. The summed E-state index contributed by atoms with van der Waals surface area (Å²) >= 11 is 0. The standard InChI is InChI=1S/C7H10N6O2/c8-4(1-2-14)7-10-6(12-15-7)5-3-9-13-11-5/h3-4,14H,1-2,8H2,(H,9,11,13). The number of aliphatic hydroxyl groups is 1. The highest BCUT2D eigenvalue weighted by Crippen LogP contribution is 2.15. The van der Waals surface area contributed by atoms with Gasteiger partial charge in [-0.1, -0.05) is 5.16 Å². The van der Waals surface area contributed by atoms with Gasteiger partial charge in [-0.05, 0) is 6.42 Å². The van der Waals surface area contributed by atoms with Gasteiger partial charge >= 0.3 is 0 Å². The van der Waals surface area contributed by atoms with Crippen molar-refractivity contribution in [3.05, 3.63) is 12.1 Å². The lowest BCUT2D eigenvalue weighted by Crippen LogP contribution is -2.12. The Kier molecular flexibility index (Phi) is 2.70. The van der Waals surface area contributed by atoms with Crippen LogP contribution in [0.25, 0.3) is 11.5 Å². The Morgan fingerprint density at radius 3 is 3.13 bits per heavy atom. The molecule has 2 aromatic heterocycles. The molecule has 0 aliphatic heterocycles. The molecule has 0 aliphatic rings. The fourth-order valence-electron chi connectivity index (χ4n) is 1.06. The van der Waals surface area contributed by atoms with E-state index in [9.17, 15) is 0 Å². The quantitative estimate of drug-likeness (QED) is 0.605. The molecule has 2 aromatic rings. The first kappa shape index (κ1) is 9.74. The van der Waals surface area contributed by atoms with Crippen LogP contribution in [0.1, 0.15) is 18.4 Å². The van der Waals surface area contributed by atoms with Crippen LogP contribution >= 0.6 is 0 Å². The highest BCUT2D eigenvalue weighted by molar-refractivity contribution is 5.44. The molecule has 0 radical (unpaired) electrons. The fraction of sp³-hybridized carbons (Fsp3) is 0.429. The highest BCUT2D eigenvalue weighted by atomic mass is 16.5. The number of hydrogen-bond donors (Lipinski definition) is 3. The van der Waals surface area contributed by atoms with Crippen molar-refractivity contribution in [1.82, 2.24) is 25.6 Å². The minimum Gasteiger partial charge on any atom is -0.396 e. The van der Waals surface area contributed by atoms with Crippen molar-refractivity contribution in [1.29, 1.82) is 0 Å². The van der Waals surface area contributed by atoms with Gasteiger partial charge in [0.1, 0.15) is 0 Å². The molecule has 0 aromatic carbocycles. The van der Waals surface area contributed by atoms with Crippen LogP contribution < -0.4 is 5.73 Å². The van der Waals surface area contributed by atoms with Crippen LogP contribution in [0.15, 0.2) is 10.7 Å². The van der Waals surface area contributed by atoms with E-state index >= 15 is 0 Å². The Balaban J connectivity index is 2.17. The molecular weight excluding hydrogens is 200 g/mol. The third-order valence-electron chi connectivity index (χ3n) is 1.84. The summed E-state index contributed by atoms with van der Waals surface area (Å²) in [4.78, 5) is 4.03. The maximum atomic E-state index is 8.69. The molecule has 0 aliphatic carbocycles. The maximum Gasteiger partial charge on any atom is 0.244 e. The van der Waals surface area contributed by atoms with Crippen molar-refractivity contribution in [2.45, 2.75) is 12.5 Å². The minimum atomic E-state index is -0.455. The second kappa shape index (κ2) is 4.15. The lowest BCUT2D eigenvalue weighted by atomic mass is 10.2. The van der Waals surface area contributed by atoms with Crippen molar-refractivity contribution in [3.63, 3.8) is 0 Å². The number of nitrogens with two attached hydrogens (primary N) is 1. The Morgan fingerprint density at radius 1 is 1.60 bits per heavy atom. The molecule has 2 heterocycles. The van der Waals surface area contributed by atoms with Gasteiger partial charge < -0.3 is 15.4 Å². The Labute approximate surface area is 84.5 Å². The van der Waals surface area contributed by atoms with E-state index in [1.165, 1.54) is 6.20 Å². The van der Waals surface area contributed by atoms with Crippen LogP contribution in [-0.4, -0.2) is 37.3 Å². The van der Waals surface area contributed by atoms with E-state index in [1.807, 2.05) is 0 Å². The number of nitrogens with one attached hydrogen (secondary N) is 1. The zero-order valence-electron chi connectivity index (χ0n) is 7.79. The molecule has 0 saturated carbocycles. The number of aliphatic hydroxyl groups excluding tert-OH is 1. The predicted molar refractivity (Wildman–Crippen MR) is 48.3 cm³/mol. The van der Waals surface area contributed by atoms with Crippen LogP contribution in [0.5, 0.6) is 0 Å². The van der Waals surface area contributed by atoms with Crippen molar-refractivity contribution in [3.8, 4) is 11.5 Å². The number of nitrogens with zero attached hydrogens (tertiary/aromatic N) is 4. The molecule has 0 amide bonds. The first-order valence-electron chi connectivity index (χ1n) is 4.37. The van der Waals surface area contributed by atoms with Crippen LogP contribution in [0, 0.1) is 0 Å². The van der Waals surface area contributed by atoms with E-state index in [0.717, 1.165) is 0 Å². The summed E-state index contributed by atoms with van der Waals surface area (Å²) in [5, 5.41) is 22.2. The highest BCUT2D eigenvalue weighted by Gasteiger charge is 2.16. The number of aromatic amines is 1. The zero-order chi connectivity index (χ0) is 10.7. The lowest BCUT2D eigenvalue weighted by molar-refractivity contribution is 0.259. The summed E-state index contributed by atoms with van der Waals surface area (Å²) in [5.41, 5.74) is 6.16. The average molecular weight is 210 g/mol. The van der Waals surface area contributed by atoms with Crippen LogP contribution in [0.4, 0.5) is 0 Å². The zero-order valence-corrected chi connectivity index (χ0v) is 7.79. The smallest absolute Gasteiger partial charge is 0.244 e. The summed E-state index contributed by atoms with van der Waals surface area (Å²) in [5.74, 6) is 0.606. The van der Waals surface area contributed by atoms with Gasteiger partial charge in [0.15, 0.2) is 5.69 Å². The summed E-state index contributed by atoms with van der Waals surface area (Å²) in [6.07, 6.45) is 1.85. The van der Waals surface area contributed by atoms with Gasteiger partial charge in [-0.15, -0.1) is 0 Å². The fourth-order valence-corrected chi connectivity index (χ4v) is 1.06. The van der Waals surface area contributed by atoms with Crippen molar-refractivity contribution in [2.24, 2.45) is 5.73 Å². The van der Waals surface area contributed by atoms with E-state index in [4.69, 9.17) is 15.4 Å². The van der Waals surface area contributed by atoms with Gasteiger partial charge in [0.05, 0.1) is 12.2 Å². The third-order valence-corrected chi connectivity index (χ3v) is 1.84. The molecule has 1 atom stereocenters. The first-order chi connectivity index (χ1) is 7.31. The predicted octanol–water partition coefficient (Wildman–Crippen LogP) is -0.763. The molecule has 8 nitrogen and oxygen atoms in total. The topological polar surface area (TPSA) is 127 Å². The Hall–Kier alpha value is -1.80. The molecule has 80 valence electrons. The summed E-state index contributed by atoms with van der Waals surface area (Å²) < 4.78 is 4.92. The number of H-pyrrole nitrogens is 1. The van der Waals surface area contributed by atoms with Gasteiger partial charge in [-0.25, -0.2) is 0 Å². The number of hydrogen-bond acceptors (Lipinski definition) is 7. The summed E-state index contributed by atoms with van der Waals surface area (Å²) in [6.45, 7) is -0.0250. The average Bonchev–Trinajstić information content (AvgIpc) is 2.89. The van der Waals surface area contributed by atoms with E-state index < -0.39 is 6.04 Å². The number of aromatic nitrogens is 5. The van der Waals surface area contributed by atoms with Gasteiger partial charge in [0.25, 0.3) is 0 Å². The molecule has 15 heavy (non-hydrogen) atoms. The Morgan fingerprint density at radius 2 is 2.47 bits per heavy atom. The SMILES string of the molecule is NC(CCO)c1nc(-c2cn[nH]n2)no1. The summed E-state index contributed by atoms with van der Waals surface area (Å²) in [6, 6.07) is -0.455. The van der Waals surface area contributed by atoms with E-state index in [0.29, 0.717) is 17.9 Å². The van der Waals surface area contributed by atoms with Gasteiger partial charge in [-0.3, -0.25) is 0 Å². The maximum absolute atomic E-state index is 8.69. The van der Waals surface area contributed by atoms with E-state index in [-0.39, 0.29) is 12.5 Å². The first-order valence-corrected chi connectivity index (χ1v) is 4.37. The second-order valence-corrected chi connectivity index (χ2v) is 2.93. The monoisotopic (exact) mass is 210 g/mol. The van der Waals surface area contributed by atoms with Crippen molar-refractivity contribution < 1.29 is 9.63 Å². The van der Waals surface area contributed by atoms with Crippen LogP contribution in [0.3, 0.4) is 0 Å². The van der Waals surface area contributed by atoms with Gasteiger partial charge in [0, 0.05) is 6.61 Å². The Bertz CT molecular complexity index is 411. The molecule has 0 fully saturated rings. The molecule has 0 bridgehead atoms. The largest absolute Gasteiger partial charge is 0.396 e.